The number of rotatable bonds is 5. The third-order valence-corrected chi connectivity index (χ3v) is 4.19. The van der Waals surface area contributed by atoms with E-state index < -0.39 is 10.0 Å². The molecule has 1 aliphatic heterocycles. The van der Waals surface area contributed by atoms with E-state index in [4.69, 9.17) is 4.52 Å². The molecule has 1 fully saturated rings. The number of amides is 1. The number of nitrogens with one attached hydrogen (secondary N) is 2. The van der Waals surface area contributed by atoms with Gasteiger partial charge in [-0.1, -0.05) is 5.16 Å². The van der Waals surface area contributed by atoms with E-state index in [0.29, 0.717) is 24.5 Å². The lowest BCUT2D eigenvalue weighted by Gasteiger charge is -2.27. The minimum Gasteiger partial charge on any atom is -0.361 e. The van der Waals surface area contributed by atoms with Crippen LogP contribution in [0.5, 0.6) is 0 Å². The molecule has 0 saturated carbocycles. The number of carbonyl (C=O) groups is 1. The van der Waals surface area contributed by atoms with E-state index in [1.165, 1.54) is 0 Å². The number of aryl methyl sites for hydroxylation is 1. The van der Waals surface area contributed by atoms with Crippen LogP contribution in [-0.2, 0) is 20.6 Å². The second-order valence-electron chi connectivity index (χ2n) is 4.64. The molecule has 0 aromatic carbocycles. The van der Waals surface area contributed by atoms with E-state index in [1.54, 1.807) is 17.9 Å². The van der Waals surface area contributed by atoms with Crippen LogP contribution in [0.2, 0.25) is 0 Å². The van der Waals surface area contributed by atoms with Crippen LogP contribution >= 0.6 is 0 Å². The minimum atomic E-state index is -3.59. The molecule has 2 rings (SSSR count). The fourth-order valence-corrected chi connectivity index (χ4v) is 2.90. The largest absolute Gasteiger partial charge is 0.361 e. The Bertz CT molecular complexity index is 563. The van der Waals surface area contributed by atoms with Crippen molar-refractivity contribution in [3.8, 4) is 0 Å². The lowest BCUT2D eigenvalue weighted by Crippen LogP contribution is -2.49. The molecule has 0 radical (unpaired) electrons. The van der Waals surface area contributed by atoms with Crippen molar-refractivity contribution < 1.29 is 17.7 Å². The summed E-state index contributed by atoms with van der Waals surface area (Å²) in [6, 6.07) is 1.55. The third kappa shape index (κ3) is 4.29. The number of piperazine rings is 1. The molecule has 1 saturated heterocycles. The lowest BCUT2D eigenvalue weighted by atomic mass is 10.3. The van der Waals surface area contributed by atoms with Crippen molar-refractivity contribution >= 4 is 15.9 Å². The van der Waals surface area contributed by atoms with Gasteiger partial charge in [0.05, 0.1) is 6.54 Å². The quantitative estimate of drug-likeness (QED) is 0.710. The van der Waals surface area contributed by atoms with Gasteiger partial charge < -0.3 is 14.7 Å². The van der Waals surface area contributed by atoms with Gasteiger partial charge in [-0.25, -0.2) is 13.1 Å². The summed E-state index contributed by atoms with van der Waals surface area (Å²) in [7, 11) is -3.59. The first-order chi connectivity index (χ1) is 9.46. The molecule has 0 bridgehead atoms. The highest BCUT2D eigenvalue weighted by Gasteiger charge is 2.20. The fraction of sp³-hybridized carbons (Fsp3) is 0.636. The Morgan fingerprint density at radius 2 is 2.20 bits per heavy atom. The van der Waals surface area contributed by atoms with Gasteiger partial charge in [0.15, 0.2) is 0 Å². The van der Waals surface area contributed by atoms with Gasteiger partial charge >= 0.3 is 0 Å². The monoisotopic (exact) mass is 302 g/mol. The van der Waals surface area contributed by atoms with E-state index in [0.717, 1.165) is 13.1 Å². The first-order valence-corrected chi connectivity index (χ1v) is 7.99. The molecule has 1 amide bonds. The van der Waals surface area contributed by atoms with Gasteiger partial charge in [0, 0.05) is 32.2 Å². The Balaban J connectivity index is 1.84. The van der Waals surface area contributed by atoms with Gasteiger partial charge in [0.25, 0.3) is 0 Å². The first-order valence-electron chi connectivity index (χ1n) is 6.34. The Labute approximate surface area is 117 Å². The molecule has 0 spiro atoms. The average Bonchev–Trinajstić information content (AvgIpc) is 2.82. The van der Waals surface area contributed by atoms with Crippen molar-refractivity contribution in [1.29, 1.82) is 0 Å². The van der Waals surface area contributed by atoms with E-state index in [1.807, 2.05) is 0 Å². The molecule has 20 heavy (non-hydrogen) atoms. The van der Waals surface area contributed by atoms with Crippen LogP contribution < -0.4 is 10.0 Å². The van der Waals surface area contributed by atoms with Gasteiger partial charge in [0.1, 0.15) is 17.2 Å². The minimum absolute atomic E-state index is 0.216. The Morgan fingerprint density at radius 1 is 1.50 bits per heavy atom. The molecule has 0 aliphatic carbocycles. The molecule has 2 heterocycles. The Kier molecular flexibility index (Phi) is 4.73. The maximum atomic E-state index is 11.8. The van der Waals surface area contributed by atoms with E-state index in [9.17, 15) is 13.2 Å². The zero-order valence-corrected chi connectivity index (χ0v) is 12.1. The van der Waals surface area contributed by atoms with Crippen molar-refractivity contribution in [2.24, 2.45) is 0 Å². The Morgan fingerprint density at radius 3 is 2.80 bits per heavy atom. The second kappa shape index (κ2) is 6.33. The molecule has 1 aromatic heterocycles. The van der Waals surface area contributed by atoms with Gasteiger partial charge in [-0.15, -0.1) is 0 Å². The van der Waals surface area contributed by atoms with Crippen LogP contribution in [-0.4, -0.2) is 57.1 Å². The molecule has 8 nitrogen and oxygen atoms in total. The van der Waals surface area contributed by atoms with Crippen molar-refractivity contribution in [3.63, 3.8) is 0 Å². The normalized spacial score (nSPS) is 16.4. The first kappa shape index (κ1) is 14.9. The van der Waals surface area contributed by atoms with Crippen molar-refractivity contribution in [1.82, 2.24) is 20.1 Å². The second-order valence-corrected chi connectivity index (χ2v) is 6.45. The van der Waals surface area contributed by atoms with Gasteiger partial charge in [-0.2, -0.15) is 0 Å². The molecule has 1 aromatic rings. The molecule has 0 unspecified atom stereocenters. The summed E-state index contributed by atoms with van der Waals surface area (Å²) in [5.74, 6) is 0.0395. The summed E-state index contributed by atoms with van der Waals surface area (Å²) in [4.78, 5) is 13.5. The molecular formula is C11H18N4O4S. The number of nitrogens with zero attached hydrogens (tertiary/aromatic N) is 2. The number of hydrogen-bond donors (Lipinski definition) is 2. The number of carbonyl (C=O) groups excluding carboxylic acids is 1. The summed E-state index contributed by atoms with van der Waals surface area (Å²) in [5, 5.41) is 6.75. The lowest BCUT2D eigenvalue weighted by molar-refractivity contribution is -0.130. The third-order valence-electron chi connectivity index (χ3n) is 2.93. The summed E-state index contributed by atoms with van der Waals surface area (Å²) in [6.45, 7) is 4.13. The zero-order chi connectivity index (χ0) is 14.6. The molecule has 9 heteroatoms. The molecule has 1 aliphatic rings. The highest BCUT2D eigenvalue weighted by Crippen LogP contribution is 2.05. The van der Waals surface area contributed by atoms with Crippen molar-refractivity contribution in [3.05, 3.63) is 17.5 Å². The van der Waals surface area contributed by atoms with Crippen LogP contribution in [0.4, 0.5) is 0 Å². The van der Waals surface area contributed by atoms with Crippen LogP contribution in [0.25, 0.3) is 0 Å². The van der Waals surface area contributed by atoms with E-state index in [2.05, 4.69) is 15.2 Å². The van der Waals surface area contributed by atoms with Crippen LogP contribution in [0.3, 0.4) is 0 Å². The predicted octanol–water partition coefficient (Wildman–Crippen LogP) is -1.17. The molecule has 2 N–H and O–H groups in total. The molecule has 112 valence electrons. The summed E-state index contributed by atoms with van der Waals surface area (Å²) in [5.41, 5.74) is 0.324. The van der Waals surface area contributed by atoms with Crippen LogP contribution in [0, 0.1) is 6.92 Å². The maximum Gasteiger partial charge on any atom is 0.237 e. The van der Waals surface area contributed by atoms with Crippen LogP contribution in [0.15, 0.2) is 10.6 Å². The smallest absolute Gasteiger partial charge is 0.237 e. The van der Waals surface area contributed by atoms with Gasteiger partial charge in [-0.05, 0) is 6.92 Å². The summed E-state index contributed by atoms with van der Waals surface area (Å²) in [6.07, 6.45) is 0. The van der Waals surface area contributed by atoms with E-state index in [-0.39, 0.29) is 18.2 Å². The fourth-order valence-electron chi connectivity index (χ4n) is 1.93. The average molecular weight is 302 g/mol. The van der Waals surface area contributed by atoms with Crippen molar-refractivity contribution in [2.45, 2.75) is 12.7 Å². The molecular weight excluding hydrogens is 284 g/mol. The number of sulfonamides is 1. The Hall–Kier alpha value is -1.45. The SMILES string of the molecule is Cc1cc(CS(=O)(=O)NCC(=O)N2CCNCC2)no1. The van der Waals surface area contributed by atoms with Gasteiger partial charge in [0.2, 0.25) is 15.9 Å². The van der Waals surface area contributed by atoms with Crippen molar-refractivity contribution in [2.75, 3.05) is 32.7 Å². The number of aromatic nitrogens is 1. The zero-order valence-electron chi connectivity index (χ0n) is 11.3. The maximum absolute atomic E-state index is 11.8. The number of hydrogen-bond acceptors (Lipinski definition) is 6. The highest BCUT2D eigenvalue weighted by atomic mass is 32.2. The summed E-state index contributed by atoms with van der Waals surface area (Å²) >= 11 is 0. The summed E-state index contributed by atoms with van der Waals surface area (Å²) < 4.78 is 30.7. The standard InChI is InChI=1S/C11H18N4O4S/c1-9-6-10(14-19-9)8-20(17,18)13-7-11(16)15-4-2-12-3-5-15/h6,12-13H,2-5,7-8H2,1H3. The van der Waals surface area contributed by atoms with E-state index >= 15 is 0 Å². The molecule has 0 atom stereocenters. The topological polar surface area (TPSA) is 105 Å². The predicted molar refractivity (Wildman–Crippen MR) is 71.3 cm³/mol. The van der Waals surface area contributed by atoms with Gasteiger partial charge in [-0.3, -0.25) is 4.79 Å². The van der Waals surface area contributed by atoms with Crippen LogP contribution in [0.1, 0.15) is 11.5 Å². The highest BCUT2D eigenvalue weighted by molar-refractivity contribution is 7.88.